The van der Waals surface area contributed by atoms with Crippen LogP contribution in [0, 0.1) is 0 Å². The third-order valence-corrected chi connectivity index (χ3v) is 1.88. The summed E-state index contributed by atoms with van der Waals surface area (Å²) in [7, 11) is 1.97. The molecule has 0 amide bonds. The summed E-state index contributed by atoms with van der Waals surface area (Å²) in [6.07, 6.45) is 1.83. The molecule has 0 atom stereocenters. The molecule has 0 saturated carbocycles. The van der Waals surface area contributed by atoms with Gasteiger partial charge < -0.3 is 4.90 Å². The van der Waals surface area contributed by atoms with Crippen LogP contribution in [-0.2, 0) is 7.05 Å². The molecular formula is C8H15N3. The summed E-state index contributed by atoms with van der Waals surface area (Å²) < 4.78 is 1.90. The fraction of sp³-hybridized carbons (Fsp3) is 0.625. The summed E-state index contributed by atoms with van der Waals surface area (Å²) in [5, 5.41) is 4.11. The van der Waals surface area contributed by atoms with Crippen molar-refractivity contribution in [1.29, 1.82) is 0 Å². The minimum Gasteiger partial charge on any atom is -0.357 e. The number of hydrogen-bond donors (Lipinski definition) is 0. The van der Waals surface area contributed by atoms with Crippen LogP contribution in [0.5, 0.6) is 0 Å². The minimum atomic E-state index is 1.04. The first-order valence-electron chi connectivity index (χ1n) is 4.02. The molecule has 0 aliphatic heterocycles. The predicted octanol–water partition coefficient (Wildman–Crippen LogP) is 1.27. The van der Waals surface area contributed by atoms with Gasteiger partial charge in [-0.15, -0.1) is 0 Å². The number of hydrogen-bond acceptors (Lipinski definition) is 2. The fourth-order valence-electron chi connectivity index (χ4n) is 1.22. The summed E-state index contributed by atoms with van der Waals surface area (Å²) in [6.45, 7) is 6.37. The number of aryl methyl sites for hydroxylation is 1. The molecule has 0 N–H and O–H groups in total. The van der Waals surface area contributed by atoms with Crippen molar-refractivity contribution in [2.24, 2.45) is 7.05 Å². The molecule has 0 aliphatic rings. The molecule has 0 saturated heterocycles. The molecule has 0 fully saturated rings. The number of nitrogens with zero attached hydrogens (tertiary/aromatic N) is 3. The summed E-state index contributed by atoms with van der Waals surface area (Å²) in [5.41, 5.74) is 0. The van der Waals surface area contributed by atoms with E-state index in [1.54, 1.807) is 0 Å². The van der Waals surface area contributed by atoms with Gasteiger partial charge in [-0.1, -0.05) is 0 Å². The Morgan fingerprint density at radius 1 is 1.45 bits per heavy atom. The van der Waals surface area contributed by atoms with E-state index in [4.69, 9.17) is 0 Å². The van der Waals surface area contributed by atoms with E-state index in [9.17, 15) is 0 Å². The van der Waals surface area contributed by atoms with Gasteiger partial charge in [-0.3, -0.25) is 4.68 Å². The van der Waals surface area contributed by atoms with Gasteiger partial charge >= 0.3 is 0 Å². The van der Waals surface area contributed by atoms with Crippen molar-refractivity contribution >= 4 is 5.82 Å². The van der Waals surface area contributed by atoms with Gasteiger partial charge in [-0.2, -0.15) is 5.10 Å². The second kappa shape index (κ2) is 3.42. The van der Waals surface area contributed by atoms with Crippen LogP contribution in [0.1, 0.15) is 13.8 Å². The SMILES string of the molecule is CCN(CC)c1ccnn1C. The van der Waals surface area contributed by atoms with Gasteiger partial charge in [0.1, 0.15) is 5.82 Å². The molecule has 0 radical (unpaired) electrons. The molecule has 0 bridgehead atoms. The van der Waals surface area contributed by atoms with Crippen LogP contribution >= 0.6 is 0 Å². The normalized spacial score (nSPS) is 10.1. The van der Waals surface area contributed by atoms with E-state index >= 15 is 0 Å². The lowest BCUT2D eigenvalue weighted by molar-refractivity contribution is 0.721. The standard InChI is InChI=1S/C8H15N3/c1-4-11(5-2)8-6-7-9-10(8)3/h6-7H,4-5H2,1-3H3. The minimum absolute atomic E-state index is 1.04. The van der Waals surface area contributed by atoms with Crippen molar-refractivity contribution in [3.05, 3.63) is 12.3 Å². The van der Waals surface area contributed by atoms with Crippen molar-refractivity contribution in [3.63, 3.8) is 0 Å². The first-order chi connectivity index (χ1) is 5.29. The third-order valence-electron chi connectivity index (χ3n) is 1.88. The average Bonchev–Trinajstić information content (AvgIpc) is 2.40. The van der Waals surface area contributed by atoms with E-state index in [2.05, 4.69) is 23.8 Å². The van der Waals surface area contributed by atoms with Gasteiger partial charge in [-0.05, 0) is 13.8 Å². The lowest BCUT2D eigenvalue weighted by atomic mass is 10.5. The average molecular weight is 153 g/mol. The smallest absolute Gasteiger partial charge is 0.126 e. The highest BCUT2D eigenvalue weighted by Gasteiger charge is 2.03. The van der Waals surface area contributed by atoms with E-state index in [1.807, 2.05) is 24.0 Å². The van der Waals surface area contributed by atoms with Gasteiger partial charge in [0.15, 0.2) is 0 Å². The predicted molar refractivity (Wildman–Crippen MR) is 46.8 cm³/mol. The van der Waals surface area contributed by atoms with E-state index in [0.29, 0.717) is 0 Å². The Labute approximate surface area is 67.6 Å². The first kappa shape index (κ1) is 8.11. The lowest BCUT2D eigenvalue weighted by Gasteiger charge is -2.19. The maximum Gasteiger partial charge on any atom is 0.126 e. The van der Waals surface area contributed by atoms with Crippen LogP contribution in [0.3, 0.4) is 0 Å². The van der Waals surface area contributed by atoms with Gasteiger partial charge in [0, 0.05) is 26.2 Å². The maximum absolute atomic E-state index is 4.11. The third kappa shape index (κ3) is 1.53. The fourth-order valence-corrected chi connectivity index (χ4v) is 1.22. The van der Waals surface area contributed by atoms with Crippen molar-refractivity contribution in [2.45, 2.75) is 13.8 Å². The van der Waals surface area contributed by atoms with Crippen LogP contribution in [0.2, 0.25) is 0 Å². The highest BCUT2D eigenvalue weighted by atomic mass is 15.3. The molecule has 0 aromatic carbocycles. The molecule has 0 spiro atoms. The largest absolute Gasteiger partial charge is 0.357 e. The molecule has 62 valence electrons. The summed E-state index contributed by atoms with van der Waals surface area (Å²) in [6, 6.07) is 2.03. The molecule has 0 unspecified atom stereocenters. The molecule has 3 nitrogen and oxygen atoms in total. The van der Waals surface area contributed by atoms with E-state index in [-0.39, 0.29) is 0 Å². The topological polar surface area (TPSA) is 21.1 Å². The maximum atomic E-state index is 4.11. The molecule has 1 aromatic rings. The molecular weight excluding hydrogens is 138 g/mol. The van der Waals surface area contributed by atoms with E-state index in [1.165, 1.54) is 5.82 Å². The molecule has 0 aliphatic carbocycles. The van der Waals surface area contributed by atoms with Crippen LogP contribution in [0.15, 0.2) is 12.3 Å². The molecule has 11 heavy (non-hydrogen) atoms. The monoisotopic (exact) mass is 153 g/mol. The zero-order valence-corrected chi connectivity index (χ0v) is 7.41. The highest BCUT2D eigenvalue weighted by Crippen LogP contribution is 2.10. The molecule has 1 heterocycles. The Kier molecular flexibility index (Phi) is 2.52. The van der Waals surface area contributed by atoms with Crippen LogP contribution in [0.25, 0.3) is 0 Å². The Morgan fingerprint density at radius 3 is 2.45 bits per heavy atom. The Balaban J connectivity index is 2.81. The van der Waals surface area contributed by atoms with Crippen molar-refractivity contribution in [3.8, 4) is 0 Å². The quantitative estimate of drug-likeness (QED) is 0.652. The zero-order valence-electron chi connectivity index (χ0n) is 7.41. The second-order valence-corrected chi connectivity index (χ2v) is 2.49. The van der Waals surface area contributed by atoms with Crippen molar-refractivity contribution in [2.75, 3.05) is 18.0 Å². The first-order valence-corrected chi connectivity index (χ1v) is 4.02. The highest BCUT2D eigenvalue weighted by molar-refractivity contribution is 5.37. The van der Waals surface area contributed by atoms with Gasteiger partial charge in [0.2, 0.25) is 0 Å². The molecule has 3 heteroatoms. The Morgan fingerprint density at radius 2 is 2.09 bits per heavy atom. The summed E-state index contributed by atoms with van der Waals surface area (Å²) in [5.74, 6) is 1.19. The van der Waals surface area contributed by atoms with Gasteiger partial charge in [-0.25, -0.2) is 0 Å². The van der Waals surface area contributed by atoms with E-state index < -0.39 is 0 Å². The van der Waals surface area contributed by atoms with Crippen molar-refractivity contribution < 1.29 is 0 Å². The summed E-state index contributed by atoms with van der Waals surface area (Å²) in [4.78, 5) is 2.27. The van der Waals surface area contributed by atoms with Gasteiger partial charge in [0.05, 0.1) is 6.20 Å². The molecule has 1 aromatic heterocycles. The van der Waals surface area contributed by atoms with Crippen LogP contribution in [0.4, 0.5) is 5.82 Å². The number of aromatic nitrogens is 2. The van der Waals surface area contributed by atoms with Gasteiger partial charge in [0.25, 0.3) is 0 Å². The Hall–Kier alpha value is -0.990. The van der Waals surface area contributed by atoms with E-state index in [0.717, 1.165) is 13.1 Å². The zero-order chi connectivity index (χ0) is 8.27. The Bertz CT molecular complexity index is 213. The van der Waals surface area contributed by atoms with Crippen LogP contribution in [-0.4, -0.2) is 22.9 Å². The van der Waals surface area contributed by atoms with Crippen molar-refractivity contribution in [1.82, 2.24) is 9.78 Å². The lowest BCUT2D eigenvalue weighted by Crippen LogP contribution is -2.24. The second-order valence-electron chi connectivity index (χ2n) is 2.49. The number of rotatable bonds is 3. The molecule has 1 rings (SSSR count). The summed E-state index contributed by atoms with van der Waals surface area (Å²) >= 11 is 0. The number of anilines is 1. The van der Waals surface area contributed by atoms with Crippen LogP contribution < -0.4 is 4.90 Å².